The Labute approximate surface area is 114 Å². The highest BCUT2D eigenvalue weighted by Gasteiger charge is 2.50. The summed E-state index contributed by atoms with van der Waals surface area (Å²) in [6.45, 7) is 13.3. The summed E-state index contributed by atoms with van der Waals surface area (Å²) < 4.78 is 0. The second-order valence-corrected chi connectivity index (χ2v) is 6.93. The summed E-state index contributed by atoms with van der Waals surface area (Å²) in [5.41, 5.74) is 0.780. The summed E-state index contributed by atoms with van der Waals surface area (Å²) in [6, 6.07) is 0. The van der Waals surface area contributed by atoms with Crippen molar-refractivity contribution in [2.75, 3.05) is 39.8 Å². The fraction of sp³-hybridized carbons (Fsp3) is 1.00. The molecule has 0 radical (unpaired) electrons. The number of likely N-dealkylation sites (tertiary alicyclic amines) is 2. The Kier molecular flexibility index (Phi) is 4.71. The molecule has 0 aromatic rings. The predicted octanol–water partition coefficient (Wildman–Crippen LogP) is 3.09. The average Bonchev–Trinajstić information content (AvgIpc) is 2.30. The van der Waals surface area contributed by atoms with Crippen LogP contribution in [0.2, 0.25) is 0 Å². The zero-order valence-corrected chi connectivity index (χ0v) is 12.9. The molecule has 2 heteroatoms. The van der Waals surface area contributed by atoms with Crippen molar-refractivity contribution in [3.05, 3.63) is 0 Å². The molecule has 2 aliphatic heterocycles. The molecule has 0 N–H and O–H groups in total. The van der Waals surface area contributed by atoms with Gasteiger partial charge < -0.3 is 9.80 Å². The molecule has 3 aliphatic rings. The first-order chi connectivity index (χ1) is 8.65. The first-order valence-corrected chi connectivity index (χ1v) is 8.06. The smallest absolute Gasteiger partial charge is 0.00476 e. The minimum Gasteiger partial charge on any atom is -0.305 e. The molecule has 1 spiro atoms. The Balaban J connectivity index is 0.000000574. The molecule has 0 atom stereocenters. The van der Waals surface area contributed by atoms with E-state index in [1.165, 1.54) is 58.4 Å². The van der Waals surface area contributed by atoms with Gasteiger partial charge in [-0.3, -0.25) is 0 Å². The van der Waals surface area contributed by atoms with Crippen LogP contribution in [-0.2, 0) is 0 Å². The van der Waals surface area contributed by atoms with Crippen molar-refractivity contribution in [2.24, 2.45) is 17.3 Å². The van der Waals surface area contributed by atoms with Crippen LogP contribution in [0.15, 0.2) is 0 Å². The molecule has 3 fully saturated rings. The van der Waals surface area contributed by atoms with E-state index < -0.39 is 0 Å². The van der Waals surface area contributed by atoms with E-state index in [0.717, 1.165) is 17.3 Å². The summed E-state index contributed by atoms with van der Waals surface area (Å²) in [5.74, 6) is 2.01. The van der Waals surface area contributed by atoms with Crippen LogP contribution in [0.3, 0.4) is 0 Å². The lowest BCUT2D eigenvalue weighted by molar-refractivity contribution is -0.0899. The van der Waals surface area contributed by atoms with Crippen LogP contribution in [0.5, 0.6) is 0 Å². The van der Waals surface area contributed by atoms with Gasteiger partial charge in [0, 0.05) is 19.6 Å². The van der Waals surface area contributed by atoms with Gasteiger partial charge in [-0.05, 0) is 63.1 Å². The number of nitrogens with zero attached hydrogens (tertiary/aromatic N) is 2. The predicted molar refractivity (Wildman–Crippen MR) is 78.8 cm³/mol. The van der Waals surface area contributed by atoms with Gasteiger partial charge in [0.15, 0.2) is 0 Å². The van der Waals surface area contributed by atoms with E-state index in [0.29, 0.717) is 0 Å². The van der Waals surface area contributed by atoms with Gasteiger partial charge in [0.05, 0.1) is 0 Å². The molecule has 2 heterocycles. The molecule has 0 unspecified atom stereocenters. The number of hydrogen-bond acceptors (Lipinski definition) is 2. The molecule has 106 valence electrons. The third-order valence-corrected chi connectivity index (χ3v) is 5.05. The van der Waals surface area contributed by atoms with Gasteiger partial charge in [0.25, 0.3) is 0 Å². The number of rotatable bonds is 2. The summed E-state index contributed by atoms with van der Waals surface area (Å²) in [4.78, 5) is 5.19. The van der Waals surface area contributed by atoms with Crippen LogP contribution in [0.1, 0.15) is 46.5 Å². The Morgan fingerprint density at radius 1 is 1.06 bits per heavy atom. The van der Waals surface area contributed by atoms with E-state index >= 15 is 0 Å². The molecule has 1 aliphatic carbocycles. The van der Waals surface area contributed by atoms with Crippen molar-refractivity contribution >= 4 is 0 Å². The van der Waals surface area contributed by atoms with Crippen LogP contribution in [0.4, 0.5) is 0 Å². The van der Waals surface area contributed by atoms with Gasteiger partial charge in [-0.2, -0.15) is 0 Å². The average molecular weight is 252 g/mol. The van der Waals surface area contributed by atoms with E-state index in [1.807, 2.05) is 13.8 Å². The van der Waals surface area contributed by atoms with Crippen LogP contribution < -0.4 is 0 Å². The topological polar surface area (TPSA) is 6.48 Å². The summed E-state index contributed by atoms with van der Waals surface area (Å²) >= 11 is 0. The van der Waals surface area contributed by atoms with Crippen LogP contribution in [-0.4, -0.2) is 49.6 Å². The van der Waals surface area contributed by atoms with Gasteiger partial charge in [0.1, 0.15) is 0 Å². The van der Waals surface area contributed by atoms with E-state index in [4.69, 9.17) is 0 Å². The monoisotopic (exact) mass is 252 g/mol. The molecule has 2 saturated heterocycles. The van der Waals surface area contributed by atoms with E-state index in [1.54, 1.807) is 0 Å². The SMILES string of the molecule is CC.CC1CCN(CC2CC3(C2)CN(C)C3)CC1. The van der Waals surface area contributed by atoms with Crippen LogP contribution in [0.25, 0.3) is 0 Å². The van der Waals surface area contributed by atoms with E-state index in [9.17, 15) is 0 Å². The lowest BCUT2D eigenvalue weighted by Gasteiger charge is -2.59. The molecular weight excluding hydrogens is 220 g/mol. The van der Waals surface area contributed by atoms with Crippen molar-refractivity contribution in [2.45, 2.75) is 46.5 Å². The molecule has 0 aromatic carbocycles. The fourth-order valence-corrected chi connectivity index (χ4v) is 4.26. The summed E-state index contributed by atoms with van der Waals surface area (Å²) in [6.07, 6.45) is 5.90. The maximum atomic E-state index is 2.72. The second kappa shape index (κ2) is 5.92. The molecule has 0 amide bonds. The molecule has 3 rings (SSSR count). The third-order valence-electron chi connectivity index (χ3n) is 5.05. The zero-order valence-electron chi connectivity index (χ0n) is 12.9. The molecule has 0 bridgehead atoms. The van der Waals surface area contributed by atoms with Gasteiger partial charge >= 0.3 is 0 Å². The normalized spacial score (nSPS) is 29.3. The number of hydrogen-bond donors (Lipinski definition) is 0. The molecule has 0 aromatic heterocycles. The second-order valence-electron chi connectivity index (χ2n) is 6.93. The molecule has 18 heavy (non-hydrogen) atoms. The highest BCUT2D eigenvalue weighted by Crippen LogP contribution is 2.51. The first kappa shape index (κ1) is 14.3. The van der Waals surface area contributed by atoms with Gasteiger partial charge in [0.2, 0.25) is 0 Å². The van der Waals surface area contributed by atoms with E-state index in [-0.39, 0.29) is 0 Å². The zero-order chi connectivity index (χ0) is 13.2. The van der Waals surface area contributed by atoms with Crippen LogP contribution in [0, 0.1) is 17.3 Å². The fourth-order valence-electron chi connectivity index (χ4n) is 4.26. The minimum atomic E-state index is 0.780. The Bertz CT molecular complexity index is 242. The van der Waals surface area contributed by atoms with E-state index in [2.05, 4.69) is 23.8 Å². The Morgan fingerprint density at radius 2 is 1.61 bits per heavy atom. The highest BCUT2D eigenvalue weighted by atomic mass is 15.2. The van der Waals surface area contributed by atoms with Crippen molar-refractivity contribution in [3.8, 4) is 0 Å². The highest BCUT2D eigenvalue weighted by molar-refractivity contribution is 5.03. The third kappa shape index (κ3) is 3.08. The van der Waals surface area contributed by atoms with Crippen molar-refractivity contribution in [1.82, 2.24) is 9.80 Å². The van der Waals surface area contributed by atoms with Crippen molar-refractivity contribution in [1.29, 1.82) is 0 Å². The van der Waals surface area contributed by atoms with Gasteiger partial charge in [-0.1, -0.05) is 20.8 Å². The lowest BCUT2D eigenvalue weighted by Crippen LogP contribution is -2.62. The van der Waals surface area contributed by atoms with Gasteiger partial charge in [-0.15, -0.1) is 0 Å². The van der Waals surface area contributed by atoms with Crippen molar-refractivity contribution < 1.29 is 0 Å². The quantitative estimate of drug-likeness (QED) is 0.745. The number of piperidine rings is 1. The Morgan fingerprint density at radius 3 is 2.11 bits per heavy atom. The van der Waals surface area contributed by atoms with Crippen molar-refractivity contribution in [3.63, 3.8) is 0 Å². The summed E-state index contributed by atoms with van der Waals surface area (Å²) in [7, 11) is 2.25. The standard InChI is InChI=1S/C14H26N2.C2H6/c1-12-3-5-16(6-4-12)9-13-7-14(8-13)10-15(2)11-14;1-2/h12-13H,3-11H2,1-2H3;1-2H3. The largest absolute Gasteiger partial charge is 0.305 e. The van der Waals surface area contributed by atoms with Crippen LogP contribution >= 0.6 is 0 Å². The maximum Gasteiger partial charge on any atom is 0.00476 e. The summed E-state index contributed by atoms with van der Waals surface area (Å²) in [5, 5.41) is 0. The van der Waals surface area contributed by atoms with Gasteiger partial charge in [-0.25, -0.2) is 0 Å². The molecule has 1 saturated carbocycles. The Hall–Kier alpha value is -0.0800. The molecular formula is C16H32N2. The lowest BCUT2D eigenvalue weighted by atomic mass is 9.58. The molecule has 2 nitrogen and oxygen atoms in total. The maximum absolute atomic E-state index is 2.72. The minimum absolute atomic E-state index is 0.780. The first-order valence-electron chi connectivity index (χ1n) is 8.06.